The summed E-state index contributed by atoms with van der Waals surface area (Å²) in [7, 11) is 0. The zero-order valence-corrected chi connectivity index (χ0v) is 14.7. The molecule has 136 valence electrons. The first-order chi connectivity index (χ1) is 12.0. The van der Waals surface area contributed by atoms with Gasteiger partial charge in [0.2, 0.25) is 5.91 Å². The quantitative estimate of drug-likeness (QED) is 0.885. The Kier molecular flexibility index (Phi) is 5.40. The number of hydrogen-bond acceptors (Lipinski definition) is 2. The average molecular weight is 347 g/mol. The molecule has 1 N–H and O–H groups in total. The number of likely N-dealkylation sites (tertiary alicyclic amines) is 1. The maximum atomic E-state index is 13.3. The Morgan fingerprint density at radius 1 is 1.32 bits per heavy atom. The monoisotopic (exact) mass is 347 g/mol. The van der Waals surface area contributed by atoms with Gasteiger partial charge in [0.15, 0.2) is 0 Å². The van der Waals surface area contributed by atoms with E-state index in [0.29, 0.717) is 25.2 Å². The molecular weight excluding hydrogens is 321 g/mol. The van der Waals surface area contributed by atoms with Crippen molar-refractivity contribution in [3.63, 3.8) is 0 Å². The van der Waals surface area contributed by atoms with Crippen LogP contribution in [0.3, 0.4) is 0 Å². The number of rotatable bonds is 5. The lowest BCUT2D eigenvalue weighted by molar-refractivity contribution is -0.151. The molecule has 0 spiro atoms. The van der Waals surface area contributed by atoms with Crippen molar-refractivity contribution in [1.29, 1.82) is 0 Å². The van der Waals surface area contributed by atoms with Crippen molar-refractivity contribution in [3.05, 3.63) is 35.6 Å². The highest BCUT2D eigenvalue weighted by atomic mass is 19.1. The number of halogens is 1. The summed E-state index contributed by atoms with van der Waals surface area (Å²) in [5.41, 5.74) is 0.867. The highest BCUT2D eigenvalue weighted by Crippen LogP contribution is 2.40. The van der Waals surface area contributed by atoms with Gasteiger partial charge in [0.05, 0.1) is 0 Å². The van der Waals surface area contributed by atoms with Gasteiger partial charge in [-0.25, -0.2) is 9.18 Å². The maximum Gasteiger partial charge on any atom is 0.326 e. The van der Waals surface area contributed by atoms with Crippen LogP contribution in [0.4, 0.5) is 4.39 Å². The lowest BCUT2D eigenvalue weighted by Crippen LogP contribution is -2.48. The summed E-state index contributed by atoms with van der Waals surface area (Å²) in [4.78, 5) is 26.3. The molecule has 1 amide bonds. The average Bonchev–Trinajstić information content (AvgIpc) is 2.99. The van der Waals surface area contributed by atoms with E-state index in [1.54, 1.807) is 11.0 Å². The Morgan fingerprint density at radius 3 is 2.80 bits per heavy atom. The van der Waals surface area contributed by atoms with Gasteiger partial charge in [-0.3, -0.25) is 4.79 Å². The van der Waals surface area contributed by atoms with Crippen molar-refractivity contribution in [3.8, 4) is 0 Å². The normalized spacial score (nSPS) is 27.0. The number of hydrogen-bond donors (Lipinski definition) is 1. The number of amides is 1. The summed E-state index contributed by atoms with van der Waals surface area (Å²) < 4.78 is 13.3. The van der Waals surface area contributed by atoms with Crippen molar-refractivity contribution in [1.82, 2.24) is 4.90 Å². The highest BCUT2D eigenvalue weighted by molar-refractivity contribution is 5.86. The van der Waals surface area contributed by atoms with Crippen LogP contribution in [0.5, 0.6) is 0 Å². The lowest BCUT2D eigenvalue weighted by Gasteiger charge is -2.34. The Hall–Kier alpha value is -1.91. The Labute approximate surface area is 148 Å². The smallest absolute Gasteiger partial charge is 0.326 e. The number of aliphatic carboxylic acids is 1. The minimum absolute atomic E-state index is 0.0572. The molecule has 0 radical (unpaired) electrons. The van der Waals surface area contributed by atoms with E-state index in [1.807, 2.05) is 13.0 Å². The molecule has 2 fully saturated rings. The van der Waals surface area contributed by atoms with Crippen LogP contribution in [-0.2, 0) is 16.0 Å². The Bertz CT molecular complexity index is 648. The molecule has 0 aromatic heterocycles. The van der Waals surface area contributed by atoms with E-state index in [0.717, 1.165) is 31.2 Å². The number of carbonyl (C=O) groups is 2. The predicted octanol–water partition coefficient (Wildman–Crippen LogP) is 3.64. The van der Waals surface area contributed by atoms with Crippen LogP contribution in [0.2, 0.25) is 0 Å². The van der Waals surface area contributed by atoms with Crippen LogP contribution < -0.4 is 0 Å². The lowest BCUT2D eigenvalue weighted by atomic mass is 9.84. The van der Waals surface area contributed by atoms with Crippen molar-refractivity contribution in [2.75, 3.05) is 0 Å². The van der Waals surface area contributed by atoms with Gasteiger partial charge in [-0.2, -0.15) is 0 Å². The molecule has 1 aromatic carbocycles. The molecule has 1 aromatic rings. The molecule has 1 heterocycles. The van der Waals surface area contributed by atoms with Gasteiger partial charge >= 0.3 is 5.97 Å². The van der Waals surface area contributed by atoms with Gasteiger partial charge in [-0.1, -0.05) is 31.9 Å². The summed E-state index contributed by atoms with van der Waals surface area (Å²) in [6.45, 7) is 1.86. The fraction of sp³-hybridized carbons (Fsp3) is 0.600. The summed E-state index contributed by atoms with van der Waals surface area (Å²) in [5.74, 6) is -1.15. The van der Waals surface area contributed by atoms with Gasteiger partial charge in [0, 0.05) is 12.0 Å². The topological polar surface area (TPSA) is 57.6 Å². The standard InChI is InChI=1S/C20H26FNO3/c1-13(9-10-14-5-4-7-16(21)11-14)19(23)22-17-8-3-2-6-15(17)12-18(22)20(24)25/h4-5,7,11,13,15,17-18H,2-3,6,8-10,12H2,1H3,(H,24,25). The molecule has 25 heavy (non-hydrogen) atoms. The highest BCUT2D eigenvalue weighted by Gasteiger charge is 2.48. The summed E-state index contributed by atoms with van der Waals surface area (Å²) in [5, 5.41) is 9.56. The number of carbonyl (C=O) groups excluding carboxylic acids is 1. The molecule has 1 aliphatic carbocycles. The van der Waals surface area contributed by atoms with Gasteiger partial charge in [-0.15, -0.1) is 0 Å². The van der Waals surface area contributed by atoms with E-state index in [4.69, 9.17) is 0 Å². The third-order valence-electron chi connectivity index (χ3n) is 5.80. The van der Waals surface area contributed by atoms with E-state index >= 15 is 0 Å². The minimum Gasteiger partial charge on any atom is -0.480 e. The Morgan fingerprint density at radius 2 is 2.08 bits per heavy atom. The van der Waals surface area contributed by atoms with Crippen molar-refractivity contribution in [2.24, 2.45) is 11.8 Å². The molecule has 4 unspecified atom stereocenters. The molecule has 1 saturated carbocycles. The first-order valence-corrected chi connectivity index (χ1v) is 9.27. The summed E-state index contributed by atoms with van der Waals surface area (Å²) >= 11 is 0. The molecule has 1 aliphatic heterocycles. The van der Waals surface area contributed by atoms with Crippen LogP contribution >= 0.6 is 0 Å². The van der Waals surface area contributed by atoms with Crippen LogP contribution in [0.15, 0.2) is 24.3 Å². The Balaban J connectivity index is 1.67. The van der Waals surface area contributed by atoms with Crippen LogP contribution in [0, 0.1) is 17.7 Å². The number of benzene rings is 1. The second kappa shape index (κ2) is 7.54. The van der Waals surface area contributed by atoms with Crippen LogP contribution in [-0.4, -0.2) is 34.0 Å². The number of carboxylic acid groups (broad SMARTS) is 1. The summed E-state index contributed by atoms with van der Waals surface area (Å²) in [6, 6.07) is 5.82. The van der Waals surface area contributed by atoms with E-state index in [9.17, 15) is 19.1 Å². The van der Waals surface area contributed by atoms with Crippen molar-refractivity contribution < 1.29 is 19.1 Å². The second-order valence-corrected chi connectivity index (χ2v) is 7.52. The molecule has 4 nitrogen and oxygen atoms in total. The third kappa shape index (κ3) is 3.86. The van der Waals surface area contributed by atoms with Crippen LogP contribution in [0.25, 0.3) is 0 Å². The number of aryl methyl sites for hydroxylation is 1. The molecule has 4 atom stereocenters. The first kappa shape index (κ1) is 17.9. The minimum atomic E-state index is -0.889. The molecule has 1 saturated heterocycles. The zero-order valence-electron chi connectivity index (χ0n) is 14.7. The van der Waals surface area contributed by atoms with Gasteiger partial charge < -0.3 is 10.0 Å². The van der Waals surface area contributed by atoms with Gasteiger partial charge in [-0.05, 0) is 55.7 Å². The number of carboxylic acids is 1. The first-order valence-electron chi connectivity index (χ1n) is 9.27. The maximum absolute atomic E-state index is 13.3. The molecule has 3 rings (SSSR count). The van der Waals surface area contributed by atoms with E-state index in [1.165, 1.54) is 12.1 Å². The van der Waals surface area contributed by atoms with Crippen molar-refractivity contribution >= 4 is 11.9 Å². The fourth-order valence-corrected chi connectivity index (χ4v) is 4.45. The second-order valence-electron chi connectivity index (χ2n) is 7.52. The SMILES string of the molecule is CC(CCc1cccc(F)c1)C(=O)N1C(C(=O)O)CC2CCCCC21. The van der Waals surface area contributed by atoms with Gasteiger partial charge in [0.25, 0.3) is 0 Å². The number of nitrogens with zero attached hydrogens (tertiary/aromatic N) is 1. The molecule has 0 bridgehead atoms. The van der Waals surface area contributed by atoms with E-state index in [2.05, 4.69) is 0 Å². The largest absolute Gasteiger partial charge is 0.480 e. The van der Waals surface area contributed by atoms with Crippen LogP contribution in [0.1, 0.15) is 51.0 Å². The van der Waals surface area contributed by atoms with E-state index < -0.39 is 12.0 Å². The van der Waals surface area contributed by atoms with E-state index in [-0.39, 0.29) is 23.7 Å². The molecule has 2 aliphatic rings. The molecular formula is C20H26FNO3. The fourth-order valence-electron chi connectivity index (χ4n) is 4.45. The predicted molar refractivity (Wildman–Crippen MR) is 92.5 cm³/mol. The van der Waals surface area contributed by atoms with Crippen molar-refractivity contribution in [2.45, 2.75) is 64.0 Å². The summed E-state index contributed by atoms with van der Waals surface area (Å²) in [6.07, 6.45) is 5.93. The zero-order chi connectivity index (χ0) is 18.0. The molecule has 5 heteroatoms. The van der Waals surface area contributed by atoms with Gasteiger partial charge in [0.1, 0.15) is 11.9 Å². The third-order valence-corrected chi connectivity index (χ3v) is 5.80. The number of fused-ring (bicyclic) bond motifs is 1.